The van der Waals surface area contributed by atoms with Crippen molar-refractivity contribution in [3.8, 4) is 0 Å². The molecule has 0 aromatic heterocycles. The van der Waals surface area contributed by atoms with Gasteiger partial charge in [-0.2, -0.15) is 0 Å². The molecule has 2 rings (SSSR count). The van der Waals surface area contributed by atoms with Crippen LogP contribution in [0, 0.1) is 5.92 Å². The summed E-state index contributed by atoms with van der Waals surface area (Å²) >= 11 is 0. The number of hydrogen-bond acceptors (Lipinski definition) is 3. The zero-order chi connectivity index (χ0) is 12.4. The van der Waals surface area contributed by atoms with Crippen molar-refractivity contribution in [1.82, 2.24) is 4.90 Å². The van der Waals surface area contributed by atoms with E-state index < -0.39 is 0 Å². The van der Waals surface area contributed by atoms with E-state index in [9.17, 15) is 4.79 Å². The van der Waals surface area contributed by atoms with Gasteiger partial charge in [-0.15, -0.1) is 0 Å². The Morgan fingerprint density at radius 3 is 2.76 bits per heavy atom. The van der Waals surface area contributed by atoms with Crippen molar-refractivity contribution in [2.75, 3.05) is 13.1 Å². The zero-order valence-corrected chi connectivity index (χ0v) is 10.9. The molecule has 98 valence electrons. The summed E-state index contributed by atoms with van der Waals surface area (Å²) in [6.45, 7) is 5.64. The number of amides is 1. The predicted octanol–water partition coefficient (Wildman–Crippen LogP) is 1.14. The number of carbonyl (C=O) groups is 1. The predicted molar refractivity (Wildman–Crippen MR) is 66.5 cm³/mol. The van der Waals surface area contributed by atoms with Crippen LogP contribution in [0.25, 0.3) is 0 Å². The molecule has 1 heterocycles. The number of hydrogen-bond donors (Lipinski definition) is 1. The smallest absolute Gasteiger partial charge is 0.225 e. The van der Waals surface area contributed by atoms with Crippen molar-refractivity contribution in [2.24, 2.45) is 11.7 Å². The average molecular weight is 240 g/mol. The van der Waals surface area contributed by atoms with E-state index in [0.29, 0.717) is 5.91 Å². The highest BCUT2D eigenvalue weighted by atomic mass is 16.5. The topological polar surface area (TPSA) is 55.6 Å². The van der Waals surface area contributed by atoms with Crippen LogP contribution in [0.2, 0.25) is 0 Å². The van der Waals surface area contributed by atoms with E-state index in [2.05, 4.69) is 6.92 Å². The lowest BCUT2D eigenvalue weighted by Crippen LogP contribution is -2.50. The van der Waals surface area contributed by atoms with Crippen LogP contribution in [-0.4, -0.2) is 42.1 Å². The molecule has 0 spiro atoms. The van der Waals surface area contributed by atoms with Gasteiger partial charge in [0.25, 0.3) is 0 Å². The molecule has 4 nitrogen and oxygen atoms in total. The van der Waals surface area contributed by atoms with Crippen LogP contribution in [0.3, 0.4) is 0 Å². The first kappa shape index (κ1) is 12.8. The third kappa shape index (κ3) is 2.99. The Morgan fingerprint density at radius 2 is 2.18 bits per heavy atom. The number of nitrogens with zero attached hydrogens (tertiary/aromatic N) is 1. The van der Waals surface area contributed by atoms with Gasteiger partial charge in [0, 0.05) is 25.0 Å². The first-order valence-electron chi connectivity index (χ1n) is 6.80. The second-order valence-corrected chi connectivity index (χ2v) is 5.49. The minimum atomic E-state index is 0.160. The van der Waals surface area contributed by atoms with Gasteiger partial charge in [-0.05, 0) is 32.6 Å². The van der Waals surface area contributed by atoms with E-state index >= 15 is 0 Å². The van der Waals surface area contributed by atoms with Crippen LogP contribution < -0.4 is 5.73 Å². The Labute approximate surface area is 103 Å². The molecule has 1 saturated carbocycles. The Morgan fingerprint density at radius 1 is 1.41 bits per heavy atom. The van der Waals surface area contributed by atoms with Crippen LogP contribution in [0.1, 0.15) is 39.5 Å². The fraction of sp³-hybridized carbons (Fsp3) is 0.923. The van der Waals surface area contributed by atoms with E-state index in [0.717, 1.165) is 38.8 Å². The molecule has 4 heteroatoms. The second kappa shape index (κ2) is 5.36. The molecule has 1 amide bonds. The van der Waals surface area contributed by atoms with Crippen LogP contribution in [0.15, 0.2) is 0 Å². The van der Waals surface area contributed by atoms with Crippen LogP contribution in [0.5, 0.6) is 0 Å². The summed E-state index contributed by atoms with van der Waals surface area (Å²) in [4.78, 5) is 14.4. The molecule has 2 aliphatic rings. The van der Waals surface area contributed by atoms with E-state index in [1.54, 1.807) is 0 Å². The monoisotopic (exact) mass is 240 g/mol. The highest BCUT2D eigenvalue weighted by Gasteiger charge is 2.34. The minimum Gasteiger partial charge on any atom is -0.372 e. The van der Waals surface area contributed by atoms with Crippen molar-refractivity contribution in [1.29, 1.82) is 0 Å². The van der Waals surface area contributed by atoms with Crippen molar-refractivity contribution < 1.29 is 9.53 Å². The van der Waals surface area contributed by atoms with Crippen molar-refractivity contribution in [3.05, 3.63) is 0 Å². The molecule has 2 fully saturated rings. The molecule has 17 heavy (non-hydrogen) atoms. The molecule has 0 aromatic rings. The van der Waals surface area contributed by atoms with Crippen molar-refractivity contribution >= 4 is 5.91 Å². The average Bonchev–Trinajstić information content (AvgIpc) is 2.74. The fourth-order valence-corrected chi connectivity index (χ4v) is 2.95. The first-order chi connectivity index (χ1) is 8.10. The largest absolute Gasteiger partial charge is 0.372 e. The molecule has 4 atom stereocenters. The summed E-state index contributed by atoms with van der Waals surface area (Å²) in [6, 6.07) is 0.226. The van der Waals surface area contributed by atoms with Gasteiger partial charge in [0.1, 0.15) is 0 Å². The Balaban J connectivity index is 1.94. The Bertz CT molecular complexity index is 283. The van der Waals surface area contributed by atoms with Gasteiger partial charge < -0.3 is 15.4 Å². The van der Waals surface area contributed by atoms with Gasteiger partial charge in [-0.3, -0.25) is 4.79 Å². The number of carbonyl (C=O) groups excluding carboxylic acids is 1. The van der Waals surface area contributed by atoms with E-state index in [1.807, 2.05) is 11.8 Å². The highest BCUT2D eigenvalue weighted by Crippen LogP contribution is 2.27. The molecule has 1 aliphatic carbocycles. The lowest BCUT2D eigenvalue weighted by atomic mass is 10.0. The molecular weight excluding hydrogens is 216 g/mol. The highest BCUT2D eigenvalue weighted by molar-refractivity contribution is 5.79. The van der Waals surface area contributed by atoms with E-state index in [-0.39, 0.29) is 24.2 Å². The van der Waals surface area contributed by atoms with Gasteiger partial charge in [-0.25, -0.2) is 0 Å². The Kier molecular flexibility index (Phi) is 4.05. The maximum absolute atomic E-state index is 12.4. The maximum atomic E-state index is 12.4. The van der Waals surface area contributed by atoms with Crippen molar-refractivity contribution in [3.63, 3.8) is 0 Å². The number of rotatable bonds is 2. The lowest BCUT2D eigenvalue weighted by molar-refractivity contribution is -0.148. The molecule has 2 N–H and O–H groups in total. The summed E-state index contributed by atoms with van der Waals surface area (Å²) in [6.07, 6.45) is 4.15. The lowest BCUT2D eigenvalue weighted by Gasteiger charge is -2.37. The second-order valence-electron chi connectivity index (χ2n) is 5.49. The van der Waals surface area contributed by atoms with Crippen LogP contribution >= 0.6 is 0 Å². The molecule has 1 aliphatic heterocycles. The number of nitrogens with two attached hydrogens (primary N) is 1. The molecular formula is C13H24N2O2. The zero-order valence-electron chi connectivity index (χ0n) is 10.9. The fourth-order valence-electron chi connectivity index (χ4n) is 2.95. The molecule has 0 radical (unpaired) electrons. The van der Waals surface area contributed by atoms with E-state index in [4.69, 9.17) is 10.5 Å². The molecule has 0 bridgehead atoms. The van der Waals surface area contributed by atoms with Crippen molar-refractivity contribution in [2.45, 2.75) is 57.8 Å². The molecule has 4 unspecified atom stereocenters. The summed E-state index contributed by atoms with van der Waals surface area (Å²) in [5, 5.41) is 0. The van der Waals surface area contributed by atoms with Crippen LogP contribution in [0.4, 0.5) is 0 Å². The normalized spacial score (nSPS) is 38.4. The first-order valence-corrected chi connectivity index (χ1v) is 6.80. The van der Waals surface area contributed by atoms with Gasteiger partial charge in [0.05, 0.1) is 12.2 Å². The molecule has 1 saturated heterocycles. The van der Waals surface area contributed by atoms with Gasteiger partial charge in [0.2, 0.25) is 5.91 Å². The third-order valence-electron chi connectivity index (χ3n) is 3.92. The molecule has 0 aromatic carbocycles. The number of morpholine rings is 1. The summed E-state index contributed by atoms with van der Waals surface area (Å²) < 4.78 is 5.78. The summed E-state index contributed by atoms with van der Waals surface area (Å²) in [7, 11) is 0. The minimum absolute atomic E-state index is 0.160. The quantitative estimate of drug-likeness (QED) is 0.787. The van der Waals surface area contributed by atoms with Gasteiger partial charge >= 0.3 is 0 Å². The SMILES string of the molecule is CCC1CN(C(=O)C2CCC(N)C2)CC(C)O1. The number of ether oxygens (including phenoxy) is 1. The summed E-state index contributed by atoms with van der Waals surface area (Å²) in [5.41, 5.74) is 5.88. The standard InChI is InChI=1S/C13H24N2O2/c1-3-12-8-15(7-9(2)17-12)13(16)10-4-5-11(14)6-10/h9-12H,3-8,14H2,1-2H3. The third-order valence-corrected chi connectivity index (χ3v) is 3.92. The van der Waals surface area contributed by atoms with Crippen LogP contribution in [-0.2, 0) is 9.53 Å². The van der Waals surface area contributed by atoms with Gasteiger partial charge in [-0.1, -0.05) is 6.92 Å². The van der Waals surface area contributed by atoms with E-state index in [1.165, 1.54) is 0 Å². The summed E-state index contributed by atoms with van der Waals surface area (Å²) in [5.74, 6) is 0.458. The van der Waals surface area contributed by atoms with Gasteiger partial charge in [0.15, 0.2) is 0 Å². The Hall–Kier alpha value is -0.610. The maximum Gasteiger partial charge on any atom is 0.225 e.